The molecule has 0 unspecified atom stereocenters. The van der Waals surface area contributed by atoms with Gasteiger partial charge in [-0.05, 0) is 56.3 Å². The van der Waals surface area contributed by atoms with E-state index in [1.807, 2.05) is 0 Å². The van der Waals surface area contributed by atoms with E-state index in [0.717, 1.165) is 6.16 Å². The number of hydrogen-bond acceptors (Lipinski definition) is 0. The maximum absolute atomic E-state index is 2.40. The van der Waals surface area contributed by atoms with Gasteiger partial charge in [0.15, 0.2) is 0 Å². The van der Waals surface area contributed by atoms with Crippen LogP contribution >= 0.6 is 7.26 Å². The Morgan fingerprint density at radius 3 is 1.42 bits per heavy atom. The highest BCUT2D eigenvalue weighted by Gasteiger charge is 2.44. The van der Waals surface area contributed by atoms with Crippen LogP contribution in [-0.4, -0.2) is 6.16 Å². The average Bonchev–Trinajstić information content (AvgIpc) is 2.71. The molecule has 0 fully saturated rings. The van der Waals surface area contributed by atoms with Crippen molar-refractivity contribution in [3.63, 3.8) is 0 Å². The molecular weight excluding hydrogens is 331 g/mol. The van der Waals surface area contributed by atoms with Gasteiger partial charge >= 0.3 is 0 Å². The standard InChI is InChI=1S/C25H26P/c1-3-13-22(2)20-21-26(23-14-7-4-8-15-23,24-16-9-5-10-17-24)25-18-11-6-12-19-25/h3-20H,21H2,1-2H3/q+1/b13-3+,22-20+. The van der Waals surface area contributed by atoms with Gasteiger partial charge < -0.3 is 0 Å². The van der Waals surface area contributed by atoms with E-state index in [1.54, 1.807) is 0 Å². The quantitative estimate of drug-likeness (QED) is 0.403. The maximum atomic E-state index is 2.40. The first-order chi connectivity index (χ1) is 12.8. The average molecular weight is 357 g/mol. The number of rotatable bonds is 6. The normalized spacial score (nSPS) is 12.5. The molecule has 0 aromatic heterocycles. The zero-order valence-electron chi connectivity index (χ0n) is 15.5. The Balaban J connectivity index is 2.26. The Kier molecular flexibility index (Phi) is 6.21. The first-order valence-corrected chi connectivity index (χ1v) is 11.1. The monoisotopic (exact) mass is 357 g/mol. The molecule has 0 bridgehead atoms. The summed E-state index contributed by atoms with van der Waals surface area (Å²) in [5, 5.41) is 4.30. The molecule has 0 aliphatic heterocycles. The second-order valence-corrected chi connectivity index (χ2v) is 9.98. The lowest BCUT2D eigenvalue weighted by molar-refractivity contribution is 1.46. The Morgan fingerprint density at radius 1 is 0.692 bits per heavy atom. The van der Waals surface area contributed by atoms with Gasteiger partial charge in [0.05, 0.1) is 6.16 Å². The number of hydrogen-bond donors (Lipinski definition) is 0. The molecule has 0 aliphatic carbocycles. The second kappa shape index (κ2) is 8.79. The Bertz CT molecular complexity index is 765. The third-order valence-corrected chi connectivity index (χ3v) is 8.98. The summed E-state index contributed by atoms with van der Waals surface area (Å²) in [4.78, 5) is 0. The summed E-state index contributed by atoms with van der Waals surface area (Å²) in [6.07, 6.45) is 7.73. The van der Waals surface area contributed by atoms with Gasteiger partial charge in [0.1, 0.15) is 23.2 Å². The SMILES string of the molecule is C/C=C/C(C)=C/C[P+](c1ccccc1)(c1ccccc1)c1ccccc1. The molecule has 0 nitrogen and oxygen atoms in total. The summed E-state index contributed by atoms with van der Waals surface area (Å²) in [5.74, 6) is 0. The molecular formula is C25H26P+. The highest BCUT2D eigenvalue weighted by Crippen LogP contribution is 2.55. The van der Waals surface area contributed by atoms with Gasteiger partial charge in [-0.2, -0.15) is 0 Å². The van der Waals surface area contributed by atoms with E-state index < -0.39 is 7.26 Å². The van der Waals surface area contributed by atoms with Crippen molar-refractivity contribution in [2.24, 2.45) is 0 Å². The smallest absolute Gasteiger partial charge is 0.0874 e. The van der Waals surface area contributed by atoms with E-state index in [9.17, 15) is 0 Å². The highest BCUT2D eigenvalue weighted by molar-refractivity contribution is 7.95. The van der Waals surface area contributed by atoms with E-state index in [1.165, 1.54) is 21.5 Å². The van der Waals surface area contributed by atoms with Crippen LogP contribution in [0.3, 0.4) is 0 Å². The Morgan fingerprint density at radius 2 is 1.08 bits per heavy atom. The second-order valence-electron chi connectivity index (χ2n) is 6.45. The van der Waals surface area contributed by atoms with Gasteiger partial charge in [-0.25, -0.2) is 0 Å². The zero-order chi connectivity index (χ0) is 18.2. The molecule has 0 atom stereocenters. The topological polar surface area (TPSA) is 0 Å². The fourth-order valence-corrected chi connectivity index (χ4v) is 7.55. The van der Waals surface area contributed by atoms with Crippen molar-refractivity contribution in [3.05, 3.63) is 115 Å². The van der Waals surface area contributed by atoms with Crippen LogP contribution in [0.1, 0.15) is 13.8 Å². The summed E-state index contributed by atoms with van der Waals surface area (Å²) >= 11 is 0. The summed E-state index contributed by atoms with van der Waals surface area (Å²) < 4.78 is 0. The van der Waals surface area contributed by atoms with Crippen molar-refractivity contribution in [2.75, 3.05) is 6.16 Å². The van der Waals surface area contributed by atoms with E-state index >= 15 is 0 Å². The lowest BCUT2D eigenvalue weighted by atomic mass is 10.3. The van der Waals surface area contributed by atoms with Gasteiger partial charge in [-0.15, -0.1) is 0 Å². The zero-order valence-corrected chi connectivity index (χ0v) is 16.4. The van der Waals surface area contributed by atoms with Crippen LogP contribution < -0.4 is 15.9 Å². The molecule has 0 aliphatic rings. The Labute approximate surface area is 158 Å². The van der Waals surface area contributed by atoms with Gasteiger partial charge in [-0.3, -0.25) is 0 Å². The number of allylic oxidation sites excluding steroid dienone is 4. The minimum absolute atomic E-state index is 1.03. The minimum atomic E-state index is -1.74. The molecule has 3 aromatic carbocycles. The molecule has 0 saturated heterocycles. The van der Waals surface area contributed by atoms with Gasteiger partial charge in [-0.1, -0.05) is 72.3 Å². The molecule has 0 radical (unpaired) electrons. The van der Waals surface area contributed by atoms with Crippen LogP contribution in [0, 0.1) is 0 Å². The van der Waals surface area contributed by atoms with Crippen LogP contribution in [0.5, 0.6) is 0 Å². The summed E-state index contributed by atoms with van der Waals surface area (Å²) in [6, 6.07) is 33.1. The van der Waals surface area contributed by atoms with Crippen molar-refractivity contribution >= 4 is 23.2 Å². The molecule has 26 heavy (non-hydrogen) atoms. The third-order valence-electron chi connectivity index (χ3n) is 4.71. The predicted octanol–water partition coefficient (Wildman–Crippen LogP) is 5.50. The lowest BCUT2D eigenvalue weighted by Gasteiger charge is -2.26. The van der Waals surface area contributed by atoms with Crippen LogP contribution in [-0.2, 0) is 0 Å². The molecule has 0 N–H and O–H groups in total. The summed E-state index contributed by atoms with van der Waals surface area (Å²) in [6.45, 7) is 4.26. The Hall–Kier alpha value is -2.43. The van der Waals surface area contributed by atoms with Crippen molar-refractivity contribution in [3.8, 4) is 0 Å². The van der Waals surface area contributed by atoms with Crippen molar-refractivity contribution in [1.82, 2.24) is 0 Å². The van der Waals surface area contributed by atoms with Crippen LogP contribution in [0.15, 0.2) is 115 Å². The number of benzene rings is 3. The molecule has 0 spiro atoms. The van der Waals surface area contributed by atoms with E-state index in [-0.39, 0.29) is 0 Å². The lowest BCUT2D eigenvalue weighted by Crippen LogP contribution is -2.33. The molecule has 130 valence electrons. The maximum Gasteiger partial charge on any atom is 0.115 e. The van der Waals surface area contributed by atoms with Crippen molar-refractivity contribution in [2.45, 2.75) is 13.8 Å². The van der Waals surface area contributed by atoms with Crippen LogP contribution in [0.25, 0.3) is 0 Å². The third kappa shape index (κ3) is 3.87. The van der Waals surface area contributed by atoms with E-state index in [2.05, 4.69) is 123 Å². The van der Waals surface area contributed by atoms with E-state index in [4.69, 9.17) is 0 Å². The molecule has 0 amide bonds. The van der Waals surface area contributed by atoms with Gasteiger partial charge in [0, 0.05) is 0 Å². The fourth-order valence-electron chi connectivity index (χ4n) is 3.42. The fraction of sp³-hybridized carbons (Fsp3) is 0.120. The highest BCUT2D eigenvalue weighted by atomic mass is 31.2. The van der Waals surface area contributed by atoms with E-state index in [0.29, 0.717) is 0 Å². The van der Waals surface area contributed by atoms with Crippen molar-refractivity contribution in [1.29, 1.82) is 0 Å². The molecule has 3 aromatic rings. The van der Waals surface area contributed by atoms with Crippen LogP contribution in [0.4, 0.5) is 0 Å². The molecule has 0 heterocycles. The predicted molar refractivity (Wildman–Crippen MR) is 119 cm³/mol. The minimum Gasteiger partial charge on any atom is -0.0874 e. The van der Waals surface area contributed by atoms with Crippen molar-refractivity contribution < 1.29 is 0 Å². The van der Waals surface area contributed by atoms with Gasteiger partial charge in [0.25, 0.3) is 0 Å². The molecule has 1 heteroatoms. The summed E-state index contributed by atoms with van der Waals surface area (Å²) in [7, 11) is -1.74. The summed E-state index contributed by atoms with van der Waals surface area (Å²) in [5.41, 5.74) is 1.32. The molecule has 3 rings (SSSR count). The largest absolute Gasteiger partial charge is 0.115 e. The van der Waals surface area contributed by atoms with Crippen LogP contribution in [0.2, 0.25) is 0 Å². The van der Waals surface area contributed by atoms with Gasteiger partial charge in [0.2, 0.25) is 0 Å². The first kappa shape index (κ1) is 18.4. The first-order valence-electron chi connectivity index (χ1n) is 9.12. The molecule has 0 saturated carbocycles.